The molecule has 0 saturated heterocycles. The summed E-state index contributed by atoms with van der Waals surface area (Å²) in [6, 6.07) is 14.3. The molecule has 1 aliphatic carbocycles. The molecule has 5 heteroatoms. The molecule has 4 rings (SSSR count). The van der Waals surface area contributed by atoms with Crippen LogP contribution in [0.15, 0.2) is 54.9 Å². The van der Waals surface area contributed by atoms with Crippen LogP contribution >= 0.6 is 0 Å². The number of hydrogen-bond acceptors (Lipinski definition) is 3. The van der Waals surface area contributed by atoms with E-state index in [2.05, 4.69) is 22.4 Å². The number of rotatable bonds is 7. The van der Waals surface area contributed by atoms with E-state index in [9.17, 15) is 4.79 Å². The lowest BCUT2D eigenvalue weighted by Crippen LogP contribution is -2.37. The normalized spacial score (nSPS) is 14.1. The molecule has 5 nitrogen and oxygen atoms in total. The summed E-state index contributed by atoms with van der Waals surface area (Å²) in [7, 11) is 0. The van der Waals surface area contributed by atoms with Crippen LogP contribution < -0.4 is 10.1 Å². The van der Waals surface area contributed by atoms with Crippen LogP contribution in [-0.2, 0) is 24.2 Å². The number of fused-ring (bicyclic) bond motifs is 1. The van der Waals surface area contributed by atoms with Gasteiger partial charge in [0.25, 0.3) is 5.91 Å². The maximum Gasteiger partial charge on any atom is 0.261 e. The highest BCUT2D eigenvalue weighted by molar-refractivity contribution is 5.81. The van der Waals surface area contributed by atoms with Gasteiger partial charge in [-0.15, -0.1) is 0 Å². The largest absolute Gasteiger partial charge is 0.481 e. The Hall–Kier alpha value is -3.08. The first-order valence-corrected chi connectivity index (χ1v) is 10.8. The van der Waals surface area contributed by atoms with E-state index in [1.807, 2.05) is 54.9 Å². The number of benzene rings is 2. The molecule has 0 spiro atoms. The summed E-state index contributed by atoms with van der Waals surface area (Å²) in [5.74, 6) is 1.61. The van der Waals surface area contributed by atoms with E-state index in [1.165, 1.54) is 24.0 Å². The number of para-hydroxylation sites is 1. The highest BCUT2D eigenvalue weighted by Gasteiger charge is 2.20. The number of aromatic nitrogens is 2. The number of carbonyl (C=O) groups is 1. The summed E-state index contributed by atoms with van der Waals surface area (Å²) in [4.78, 5) is 17.2. The van der Waals surface area contributed by atoms with Crippen LogP contribution in [0.3, 0.4) is 0 Å². The van der Waals surface area contributed by atoms with E-state index >= 15 is 0 Å². The van der Waals surface area contributed by atoms with Crippen molar-refractivity contribution in [3.05, 3.63) is 77.4 Å². The quantitative estimate of drug-likeness (QED) is 0.630. The van der Waals surface area contributed by atoms with Gasteiger partial charge in [-0.25, -0.2) is 4.98 Å². The van der Waals surface area contributed by atoms with Crippen LogP contribution in [0.4, 0.5) is 0 Å². The molecule has 1 aliphatic rings. The molecule has 0 radical (unpaired) electrons. The number of imidazole rings is 1. The van der Waals surface area contributed by atoms with Crippen LogP contribution in [0.2, 0.25) is 0 Å². The minimum atomic E-state index is -0.506. The van der Waals surface area contributed by atoms with Gasteiger partial charge in [0.05, 0.1) is 5.69 Å². The van der Waals surface area contributed by atoms with Gasteiger partial charge >= 0.3 is 0 Å². The molecule has 1 N–H and O–H groups in total. The predicted octanol–water partition coefficient (Wildman–Crippen LogP) is 4.53. The van der Waals surface area contributed by atoms with Gasteiger partial charge in [0.1, 0.15) is 11.6 Å². The Morgan fingerprint density at radius 3 is 2.73 bits per heavy atom. The second-order valence-electron chi connectivity index (χ2n) is 7.84. The maximum atomic E-state index is 12.9. The van der Waals surface area contributed by atoms with E-state index in [0.717, 1.165) is 35.7 Å². The topological polar surface area (TPSA) is 56.1 Å². The SMILES string of the molecule is CCC(Oc1ccc2c(c1)CCCC2)C(=O)NCc1ccccc1-n1ccnc1C. The van der Waals surface area contributed by atoms with Crippen molar-refractivity contribution in [2.75, 3.05) is 0 Å². The highest BCUT2D eigenvalue weighted by atomic mass is 16.5. The first-order chi connectivity index (χ1) is 14.7. The van der Waals surface area contributed by atoms with Gasteiger partial charge in [0.15, 0.2) is 6.10 Å². The van der Waals surface area contributed by atoms with Crippen molar-refractivity contribution in [3.63, 3.8) is 0 Å². The van der Waals surface area contributed by atoms with Crippen LogP contribution in [-0.4, -0.2) is 21.6 Å². The number of hydrogen-bond donors (Lipinski definition) is 1. The van der Waals surface area contributed by atoms with Crippen molar-refractivity contribution in [1.82, 2.24) is 14.9 Å². The van der Waals surface area contributed by atoms with Crippen molar-refractivity contribution in [2.24, 2.45) is 0 Å². The fraction of sp³-hybridized carbons (Fsp3) is 0.360. The first kappa shape index (κ1) is 20.2. The van der Waals surface area contributed by atoms with Crippen molar-refractivity contribution in [1.29, 1.82) is 0 Å². The zero-order valence-electron chi connectivity index (χ0n) is 17.7. The van der Waals surface area contributed by atoms with Crippen LogP contribution in [0.1, 0.15) is 48.7 Å². The summed E-state index contributed by atoms with van der Waals surface area (Å²) in [6.45, 7) is 4.39. The van der Waals surface area contributed by atoms with Gasteiger partial charge in [-0.05, 0) is 73.9 Å². The Labute approximate surface area is 178 Å². The molecule has 0 aliphatic heterocycles. The third-order valence-corrected chi connectivity index (χ3v) is 5.79. The van der Waals surface area contributed by atoms with Crippen LogP contribution in [0.25, 0.3) is 5.69 Å². The standard InChI is InChI=1S/C25H29N3O2/c1-3-24(30-22-13-12-19-8-4-5-9-20(19)16-22)25(29)27-17-21-10-6-7-11-23(21)28-15-14-26-18(28)2/h6-7,10-16,24H,3-5,8-9,17H2,1-2H3,(H,27,29). The van der Waals surface area contributed by atoms with Crippen molar-refractivity contribution < 1.29 is 9.53 Å². The van der Waals surface area contributed by atoms with Gasteiger partial charge < -0.3 is 14.6 Å². The molecule has 30 heavy (non-hydrogen) atoms. The Morgan fingerprint density at radius 2 is 1.97 bits per heavy atom. The predicted molar refractivity (Wildman–Crippen MR) is 118 cm³/mol. The van der Waals surface area contributed by atoms with Gasteiger partial charge in [0, 0.05) is 18.9 Å². The van der Waals surface area contributed by atoms with Crippen molar-refractivity contribution in [2.45, 2.75) is 58.6 Å². The third-order valence-electron chi connectivity index (χ3n) is 5.79. The number of ether oxygens (including phenoxy) is 1. The van der Waals surface area contributed by atoms with E-state index in [0.29, 0.717) is 13.0 Å². The number of carbonyl (C=O) groups excluding carboxylic acids is 1. The minimum Gasteiger partial charge on any atom is -0.481 e. The monoisotopic (exact) mass is 403 g/mol. The number of amides is 1. The summed E-state index contributed by atoms with van der Waals surface area (Å²) in [6.07, 6.45) is 8.55. The Kier molecular flexibility index (Phi) is 6.17. The molecular formula is C25H29N3O2. The molecule has 0 bridgehead atoms. The van der Waals surface area contributed by atoms with Gasteiger partial charge in [-0.3, -0.25) is 4.79 Å². The van der Waals surface area contributed by atoms with Crippen LogP contribution in [0, 0.1) is 6.92 Å². The van der Waals surface area contributed by atoms with Crippen molar-refractivity contribution in [3.8, 4) is 11.4 Å². The average molecular weight is 404 g/mol. The lowest BCUT2D eigenvalue weighted by Gasteiger charge is -2.21. The second-order valence-corrected chi connectivity index (χ2v) is 7.84. The summed E-state index contributed by atoms with van der Waals surface area (Å²) in [5.41, 5.74) is 4.84. The number of nitrogens with one attached hydrogen (secondary N) is 1. The molecule has 2 aromatic carbocycles. The Morgan fingerprint density at radius 1 is 1.17 bits per heavy atom. The van der Waals surface area contributed by atoms with Crippen molar-refractivity contribution >= 4 is 5.91 Å². The van der Waals surface area contributed by atoms with Crippen LogP contribution in [0.5, 0.6) is 5.75 Å². The summed E-state index contributed by atoms with van der Waals surface area (Å²) in [5, 5.41) is 3.06. The zero-order valence-corrected chi connectivity index (χ0v) is 17.7. The van der Waals surface area contributed by atoms with E-state index < -0.39 is 6.10 Å². The smallest absolute Gasteiger partial charge is 0.261 e. The number of aryl methyl sites for hydroxylation is 3. The molecule has 1 unspecified atom stereocenters. The average Bonchev–Trinajstić information content (AvgIpc) is 3.21. The summed E-state index contributed by atoms with van der Waals surface area (Å²) >= 11 is 0. The first-order valence-electron chi connectivity index (χ1n) is 10.8. The minimum absolute atomic E-state index is 0.0904. The second kappa shape index (κ2) is 9.16. The molecule has 156 valence electrons. The maximum absolute atomic E-state index is 12.9. The molecule has 0 saturated carbocycles. The van der Waals surface area contributed by atoms with Gasteiger partial charge in [-0.2, -0.15) is 0 Å². The Bertz CT molecular complexity index is 1020. The molecule has 1 aromatic heterocycles. The lowest BCUT2D eigenvalue weighted by molar-refractivity contribution is -0.128. The summed E-state index contributed by atoms with van der Waals surface area (Å²) < 4.78 is 8.10. The van der Waals surface area contributed by atoms with Gasteiger partial charge in [-0.1, -0.05) is 31.2 Å². The van der Waals surface area contributed by atoms with E-state index in [4.69, 9.17) is 4.74 Å². The molecule has 1 amide bonds. The molecule has 1 atom stereocenters. The highest BCUT2D eigenvalue weighted by Crippen LogP contribution is 2.26. The molecular weight excluding hydrogens is 374 g/mol. The van der Waals surface area contributed by atoms with Gasteiger partial charge in [0.2, 0.25) is 0 Å². The Balaban J connectivity index is 1.43. The molecule has 0 fully saturated rings. The fourth-order valence-electron chi connectivity index (χ4n) is 4.09. The number of nitrogens with zero attached hydrogens (tertiary/aromatic N) is 2. The third kappa shape index (κ3) is 4.40. The zero-order chi connectivity index (χ0) is 20.9. The van der Waals surface area contributed by atoms with E-state index in [-0.39, 0.29) is 5.91 Å². The molecule has 3 aromatic rings. The van der Waals surface area contributed by atoms with E-state index in [1.54, 1.807) is 6.20 Å². The molecule has 1 heterocycles. The lowest BCUT2D eigenvalue weighted by atomic mass is 9.92. The fourth-order valence-corrected chi connectivity index (χ4v) is 4.09.